The summed E-state index contributed by atoms with van der Waals surface area (Å²) >= 11 is 0. The maximum Gasteiger partial charge on any atom is 0.129 e. The molecule has 0 saturated carbocycles. The largest absolute Gasteiger partial charge is 0.385 e. The van der Waals surface area contributed by atoms with Crippen LogP contribution in [0.5, 0.6) is 0 Å². The molecule has 0 aliphatic rings. The molecule has 5 nitrogen and oxygen atoms in total. The molecule has 0 aliphatic heterocycles. The molecule has 0 fully saturated rings. The Morgan fingerprint density at radius 1 is 1.47 bits per heavy atom. The minimum absolute atomic E-state index is 0.194. The van der Waals surface area contributed by atoms with Crippen molar-refractivity contribution in [1.29, 1.82) is 0 Å². The van der Waals surface area contributed by atoms with Crippen molar-refractivity contribution in [1.82, 2.24) is 9.97 Å². The predicted molar refractivity (Wildman–Crippen MR) is 69.0 cm³/mol. The van der Waals surface area contributed by atoms with E-state index in [1.54, 1.807) is 13.4 Å². The Hall–Kier alpha value is -1.20. The Kier molecular flexibility index (Phi) is 6.50. The summed E-state index contributed by atoms with van der Waals surface area (Å²) in [6, 6.07) is 2.18. The van der Waals surface area contributed by atoms with Crippen LogP contribution in [0, 0.1) is 0 Å². The summed E-state index contributed by atoms with van der Waals surface area (Å²) in [5.74, 6) is 0.843. The van der Waals surface area contributed by atoms with Gasteiger partial charge in [-0.3, -0.25) is 0 Å². The smallest absolute Gasteiger partial charge is 0.129 e. The lowest BCUT2D eigenvalue weighted by Gasteiger charge is -2.17. The first kappa shape index (κ1) is 13.9. The fraction of sp³-hybridized carbons (Fsp3) is 0.667. The lowest BCUT2D eigenvalue weighted by atomic mass is 10.2. The molecule has 96 valence electrons. The third-order valence-electron chi connectivity index (χ3n) is 2.54. The fourth-order valence-electron chi connectivity index (χ4n) is 1.59. The number of nitrogens with two attached hydrogens (primary N) is 1. The molecule has 1 atom stereocenters. The van der Waals surface area contributed by atoms with Gasteiger partial charge < -0.3 is 15.8 Å². The lowest BCUT2D eigenvalue weighted by Crippen LogP contribution is -2.30. The van der Waals surface area contributed by atoms with E-state index in [2.05, 4.69) is 22.2 Å². The summed E-state index contributed by atoms with van der Waals surface area (Å²) in [6.07, 6.45) is 4.53. The number of nitrogens with zero attached hydrogens (tertiary/aromatic N) is 2. The maximum atomic E-state index is 5.70. The Balaban J connectivity index is 2.55. The Morgan fingerprint density at radius 2 is 2.29 bits per heavy atom. The van der Waals surface area contributed by atoms with Gasteiger partial charge in [0.05, 0.1) is 0 Å². The highest BCUT2D eigenvalue weighted by molar-refractivity contribution is 5.36. The molecule has 0 amide bonds. The SMILES string of the molecule is CCCc1cc(NC(CN)CCOC)ncn1. The lowest BCUT2D eigenvalue weighted by molar-refractivity contribution is 0.190. The molecule has 0 aliphatic carbocycles. The summed E-state index contributed by atoms with van der Waals surface area (Å²) < 4.78 is 5.05. The summed E-state index contributed by atoms with van der Waals surface area (Å²) in [5, 5.41) is 3.31. The zero-order chi connectivity index (χ0) is 12.5. The first-order chi connectivity index (χ1) is 8.30. The average molecular weight is 238 g/mol. The minimum atomic E-state index is 0.194. The van der Waals surface area contributed by atoms with E-state index >= 15 is 0 Å². The van der Waals surface area contributed by atoms with Gasteiger partial charge in [-0.15, -0.1) is 0 Å². The number of hydrogen-bond acceptors (Lipinski definition) is 5. The molecule has 1 aromatic rings. The molecule has 0 saturated heterocycles. The third kappa shape index (κ3) is 5.10. The fourth-order valence-corrected chi connectivity index (χ4v) is 1.59. The van der Waals surface area contributed by atoms with Gasteiger partial charge in [-0.25, -0.2) is 9.97 Å². The van der Waals surface area contributed by atoms with Crippen molar-refractivity contribution in [3.8, 4) is 0 Å². The van der Waals surface area contributed by atoms with Gasteiger partial charge in [0.1, 0.15) is 12.1 Å². The topological polar surface area (TPSA) is 73.1 Å². The van der Waals surface area contributed by atoms with E-state index in [-0.39, 0.29) is 6.04 Å². The second kappa shape index (κ2) is 7.97. The summed E-state index contributed by atoms with van der Waals surface area (Å²) in [7, 11) is 1.69. The van der Waals surface area contributed by atoms with E-state index in [0.717, 1.165) is 30.8 Å². The van der Waals surface area contributed by atoms with Crippen LogP contribution in [0.1, 0.15) is 25.5 Å². The Bertz CT molecular complexity index is 319. The van der Waals surface area contributed by atoms with Crippen molar-refractivity contribution in [3.05, 3.63) is 18.1 Å². The quantitative estimate of drug-likeness (QED) is 0.712. The van der Waals surface area contributed by atoms with E-state index < -0.39 is 0 Å². The number of methoxy groups -OCH3 is 1. The van der Waals surface area contributed by atoms with Gasteiger partial charge in [-0.2, -0.15) is 0 Å². The molecule has 0 bridgehead atoms. The van der Waals surface area contributed by atoms with Crippen LogP contribution in [-0.4, -0.2) is 36.3 Å². The molecule has 5 heteroatoms. The average Bonchev–Trinajstić information content (AvgIpc) is 2.35. The predicted octanol–water partition coefficient (Wildman–Crippen LogP) is 1.20. The molecule has 0 spiro atoms. The van der Waals surface area contributed by atoms with Crippen LogP contribution in [0.25, 0.3) is 0 Å². The third-order valence-corrected chi connectivity index (χ3v) is 2.54. The number of nitrogens with one attached hydrogen (secondary N) is 1. The number of anilines is 1. The normalized spacial score (nSPS) is 12.4. The summed E-state index contributed by atoms with van der Waals surface area (Å²) in [5.41, 5.74) is 6.76. The van der Waals surface area contributed by atoms with E-state index in [9.17, 15) is 0 Å². The van der Waals surface area contributed by atoms with Crippen molar-refractivity contribution in [3.63, 3.8) is 0 Å². The molecule has 17 heavy (non-hydrogen) atoms. The molecule has 1 heterocycles. The highest BCUT2D eigenvalue weighted by Gasteiger charge is 2.07. The van der Waals surface area contributed by atoms with Crippen molar-refractivity contribution in [2.24, 2.45) is 5.73 Å². The number of aryl methyl sites for hydroxylation is 1. The van der Waals surface area contributed by atoms with Crippen LogP contribution >= 0.6 is 0 Å². The first-order valence-electron chi connectivity index (χ1n) is 6.06. The maximum absolute atomic E-state index is 5.70. The van der Waals surface area contributed by atoms with Gasteiger partial charge in [-0.1, -0.05) is 13.3 Å². The van der Waals surface area contributed by atoms with E-state index in [4.69, 9.17) is 10.5 Å². The van der Waals surface area contributed by atoms with Gasteiger partial charge in [0.2, 0.25) is 0 Å². The van der Waals surface area contributed by atoms with Gasteiger partial charge in [0.15, 0.2) is 0 Å². The number of hydrogen-bond donors (Lipinski definition) is 2. The van der Waals surface area contributed by atoms with Crippen molar-refractivity contribution >= 4 is 5.82 Å². The van der Waals surface area contributed by atoms with Crippen LogP contribution in [0.4, 0.5) is 5.82 Å². The number of aromatic nitrogens is 2. The first-order valence-corrected chi connectivity index (χ1v) is 6.06. The van der Waals surface area contributed by atoms with E-state index in [1.165, 1.54) is 0 Å². The molecule has 0 aromatic carbocycles. The number of ether oxygens (including phenoxy) is 1. The molecule has 3 N–H and O–H groups in total. The van der Waals surface area contributed by atoms with Gasteiger partial charge in [0, 0.05) is 38.1 Å². The number of rotatable bonds is 8. The molecule has 1 rings (SSSR count). The second-order valence-electron chi connectivity index (χ2n) is 4.00. The monoisotopic (exact) mass is 238 g/mol. The van der Waals surface area contributed by atoms with Gasteiger partial charge in [0.25, 0.3) is 0 Å². The zero-order valence-corrected chi connectivity index (χ0v) is 10.6. The van der Waals surface area contributed by atoms with Crippen LogP contribution < -0.4 is 11.1 Å². The minimum Gasteiger partial charge on any atom is -0.385 e. The van der Waals surface area contributed by atoms with Crippen molar-refractivity contribution in [2.75, 3.05) is 25.6 Å². The second-order valence-corrected chi connectivity index (χ2v) is 4.00. The van der Waals surface area contributed by atoms with Crippen LogP contribution in [0.15, 0.2) is 12.4 Å². The summed E-state index contributed by atoms with van der Waals surface area (Å²) in [6.45, 7) is 3.40. The van der Waals surface area contributed by atoms with Crippen LogP contribution in [0.3, 0.4) is 0 Å². The standard InChI is InChI=1S/C12H22N4O/c1-3-4-10-7-12(15-9-14-10)16-11(8-13)5-6-17-2/h7,9,11H,3-6,8,13H2,1-2H3,(H,14,15,16). The molecular formula is C12H22N4O. The Morgan fingerprint density at radius 3 is 2.94 bits per heavy atom. The highest BCUT2D eigenvalue weighted by Crippen LogP contribution is 2.08. The van der Waals surface area contributed by atoms with E-state index in [0.29, 0.717) is 13.2 Å². The van der Waals surface area contributed by atoms with Crippen molar-refractivity contribution in [2.45, 2.75) is 32.2 Å². The van der Waals surface area contributed by atoms with Gasteiger partial charge in [-0.05, 0) is 12.8 Å². The molecule has 1 aromatic heterocycles. The summed E-state index contributed by atoms with van der Waals surface area (Å²) in [4.78, 5) is 8.42. The Labute approximate surface area is 103 Å². The molecule has 0 radical (unpaired) electrons. The highest BCUT2D eigenvalue weighted by atomic mass is 16.5. The van der Waals surface area contributed by atoms with E-state index in [1.807, 2.05) is 6.07 Å². The molecular weight excluding hydrogens is 216 g/mol. The van der Waals surface area contributed by atoms with Crippen LogP contribution in [-0.2, 0) is 11.2 Å². The van der Waals surface area contributed by atoms with Crippen molar-refractivity contribution < 1.29 is 4.74 Å². The van der Waals surface area contributed by atoms with Crippen LogP contribution in [0.2, 0.25) is 0 Å². The zero-order valence-electron chi connectivity index (χ0n) is 10.6. The van der Waals surface area contributed by atoms with Gasteiger partial charge >= 0.3 is 0 Å². The molecule has 1 unspecified atom stereocenters.